The molecule has 6 N–H and O–H groups in total. The standard InChI is InChI=1S/C24H35N3O6/c1-21-6-3-17-18(24(21,32)9-5-16(21)14-10-19(29)33-12-14)4-8-23(31)11-15(28)2-7-22(17,23)13-26-27-20(25)30/h10,13,15-18,28,31-32H,2-9,11-12H2,1H3,(H3,25,27,30)/b26-13-/t15-,16+,17+,18-,21+,22-,23-,24-/m0/s1. The van der Waals surface area contributed by atoms with Crippen molar-refractivity contribution in [1.82, 2.24) is 5.43 Å². The van der Waals surface area contributed by atoms with E-state index < -0.39 is 28.8 Å². The first-order valence-corrected chi connectivity index (χ1v) is 12.1. The maximum atomic E-state index is 12.3. The van der Waals surface area contributed by atoms with E-state index in [1.807, 2.05) is 0 Å². The van der Waals surface area contributed by atoms with Crippen molar-refractivity contribution in [1.29, 1.82) is 0 Å². The minimum atomic E-state index is -1.16. The Kier molecular flexibility index (Phi) is 5.19. The van der Waals surface area contributed by atoms with Crippen LogP contribution in [0.1, 0.15) is 64.7 Å². The molecule has 182 valence electrons. The predicted octanol–water partition coefficient (Wildman–Crippen LogP) is 1.35. The zero-order valence-electron chi connectivity index (χ0n) is 19.1. The lowest BCUT2D eigenvalue weighted by atomic mass is 9.41. The van der Waals surface area contributed by atoms with Crippen molar-refractivity contribution < 1.29 is 29.6 Å². The summed E-state index contributed by atoms with van der Waals surface area (Å²) in [6.07, 6.45) is 8.02. The molecule has 5 aliphatic rings. The lowest BCUT2D eigenvalue weighted by molar-refractivity contribution is -0.237. The van der Waals surface area contributed by atoms with E-state index in [2.05, 4.69) is 17.5 Å². The number of aliphatic hydroxyl groups is 3. The van der Waals surface area contributed by atoms with Gasteiger partial charge in [-0.1, -0.05) is 6.92 Å². The molecule has 0 spiro atoms. The number of nitrogens with zero attached hydrogens (tertiary/aromatic N) is 1. The number of fused-ring (bicyclic) bond motifs is 5. The van der Waals surface area contributed by atoms with Crippen LogP contribution in [-0.4, -0.2) is 57.4 Å². The van der Waals surface area contributed by atoms with Crippen LogP contribution in [0.4, 0.5) is 4.79 Å². The van der Waals surface area contributed by atoms with Gasteiger partial charge in [0, 0.05) is 29.5 Å². The molecule has 8 atom stereocenters. The van der Waals surface area contributed by atoms with Crippen LogP contribution in [0.2, 0.25) is 0 Å². The molecular weight excluding hydrogens is 426 g/mol. The number of aliphatic hydroxyl groups excluding tert-OH is 1. The fourth-order valence-electron chi connectivity index (χ4n) is 8.57. The number of hydrogen-bond donors (Lipinski definition) is 5. The fourth-order valence-corrected chi connectivity index (χ4v) is 8.57. The number of esters is 1. The van der Waals surface area contributed by atoms with Gasteiger partial charge in [0.1, 0.15) is 6.61 Å². The smallest absolute Gasteiger partial charge is 0.332 e. The van der Waals surface area contributed by atoms with E-state index in [1.54, 1.807) is 12.3 Å². The molecular formula is C24H35N3O6. The second-order valence-corrected chi connectivity index (χ2v) is 11.3. The first-order chi connectivity index (χ1) is 15.5. The Balaban J connectivity index is 1.52. The van der Waals surface area contributed by atoms with Crippen LogP contribution in [-0.2, 0) is 9.53 Å². The van der Waals surface area contributed by atoms with Gasteiger partial charge < -0.3 is 25.8 Å². The number of carbonyl (C=O) groups is 2. The molecule has 9 heteroatoms. The van der Waals surface area contributed by atoms with Crippen LogP contribution in [0.25, 0.3) is 0 Å². The average Bonchev–Trinajstić information content (AvgIpc) is 3.28. The topological polar surface area (TPSA) is 154 Å². The Labute approximate surface area is 193 Å². The third-order valence-electron chi connectivity index (χ3n) is 10.1. The summed E-state index contributed by atoms with van der Waals surface area (Å²) in [5.41, 5.74) is 5.21. The zero-order chi connectivity index (χ0) is 23.6. The molecule has 5 rings (SSSR count). The number of amides is 2. The highest BCUT2D eigenvalue weighted by Gasteiger charge is 2.71. The molecule has 0 radical (unpaired) electrons. The third kappa shape index (κ3) is 3.12. The predicted molar refractivity (Wildman–Crippen MR) is 119 cm³/mol. The molecule has 9 nitrogen and oxygen atoms in total. The average molecular weight is 462 g/mol. The minimum Gasteiger partial charge on any atom is -0.458 e. The molecule has 0 aromatic heterocycles. The largest absolute Gasteiger partial charge is 0.458 e. The number of hydrazone groups is 1. The van der Waals surface area contributed by atoms with E-state index in [4.69, 9.17) is 10.5 Å². The molecule has 33 heavy (non-hydrogen) atoms. The van der Waals surface area contributed by atoms with Gasteiger partial charge >= 0.3 is 12.0 Å². The van der Waals surface area contributed by atoms with Crippen LogP contribution < -0.4 is 11.2 Å². The number of cyclic esters (lactones) is 1. The lowest BCUT2D eigenvalue weighted by Crippen LogP contribution is -2.68. The van der Waals surface area contributed by atoms with Crippen LogP contribution in [0.5, 0.6) is 0 Å². The van der Waals surface area contributed by atoms with Crippen molar-refractivity contribution in [2.45, 2.75) is 82.0 Å². The number of nitrogens with one attached hydrogen (secondary N) is 1. The van der Waals surface area contributed by atoms with Crippen molar-refractivity contribution in [2.75, 3.05) is 6.61 Å². The number of hydrogen-bond acceptors (Lipinski definition) is 7. The summed E-state index contributed by atoms with van der Waals surface area (Å²) in [4.78, 5) is 23.0. The van der Waals surface area contributed by atoms with E-state index >= 15 is 0 Å². The Morgan fingerprint density at radius 2 is 1.94 bits per heavy atom. The number of primary amides is 1. The monoisotopic (exact) mass is 461 g/mol. The second kappa shape index (κ2) is 7.52. The molecule has 4 aliphatic carbocycles. The van der Waals surface area contributed by atoms with Crippen molar-refractivity contribution in [3.05, 3.63) is 11.6 Å². The van der Waals surface area contributed by atoms with E-state index in [0.717, 1.165) is 24.8 Å². The highest BCUT2D eigenvalue weighted by atomic mass is 16.5. The first-order valence-electron chi connectivity index (χ1n) is 12.1. The summed E-state index contributed by atoms with van der Waals surface area (Å²) >= 11 is 0. The van der Waals surface area contributed by atoms with Crippen LogP contribution in [0.15, 0.2) is 16.8 Å². The number of carbonyl (C=O) groups excluding carboxylic acids is 2. The van der Waals surface area contributed by atoms with E-state index in [1.165, 1.54) is 0 Å². The summed E-state index contributed by atoms with van der Waals surface area (Å²) in [6, 6.07) is -0.774. The normalized spacial score (nSPS) is 49.1. The first kappa shape index (κ1) is 22.8. The van der Waals surface area contributed by atoms with Crippen LogP contribution >= 0.6 is 0 Å². The Morgan fingerprint density at radius 3 is 2.64 bits per heavy atom. The summed E-state index contributed by atoms with van der Waals surface area (Å²) in [5, 5.41) is 38.6. The summed E-state index contributed by atoms with van der Waals surface area (Å²) in [6.45, 7) is 2.45. The van der Waals surface area contributed by atoms with E-state index in [-0.39, 0.29) is 35.6 Å². The van der Waals surface area contributed by atoms with Gasteiger partial charge in [-0.2, -0.15) is 5.10 Å². The Hall–Kier alpha value is -1.97. The molecule has 0 unspecified atom stereocenters. The maximum absolute atomic E-state index is 12.3. The van der Waals surface area contributed by atoms with Gasteiger partial charge in [0.15, 0.2) is 0 Å². The summed E-state index contributed by atoms with van der Waals surface area (Å²) in [7, 11) is 0. The van der Waals surface area contributed by atoms with Gasteiger partial charge in [-0.3, -0.25) is 0 Å². The van der Waals surface area contributed by atoms with Gasteiger partial charge in [-0.25, -0.2) is 15.0 Å². The number of rotatable bonds is 3. The molecule has 0 aromatic rings. The SMILES string of the molecule is C[C@]12CC[C@@H]3[C@H](CC[C@]4(O)C[C@@H](O)CC[C@]34/C=N\NC(N)=O)[C@@]1(O)CC[C@@H]2C1=CC(=O)OC1. The molecule has 4 saturated carbocycles. The molecule has 1 heterocycles. The second-order valence-electron chi connectivity index (χ2n) is 11.3. The van der Waals surface area contributed by atoms with Gasteiger partial charge in [0.25, 0.3) is 0 Å². The molecule has 2 amide bonds. The van der Waals surface area contributed by atoms with E-state index in [0.29, 0.717) is 38.7 Å². The highest BCUT2D eigenvalue weighted by Crippen LogP contribution is 2.70. The summed E-state index contributed by atoms with van der Waals surface area (Å²) in [5.74, 6) is -0.326. The molecule has 1 aliphatic heterocycles. The minimum absolute atomic E-state index is 0.0468. The molecule has 0 aromatic carbocycles. The number of ether oxygens (including phenoxy) is 1. The Morgan fingerprint density at radius 1 is 1.18 bits per heavy atom. The van der Waals surface area contributed by atoms with Gasteiger partial charge in [0.2, 0.25) is 0 Å². The van der Waals surface area contributed by atoms with Crippen LogP contribution in [0.3, 0.4) is 0 Å². The molecule has 0 saturated heterocycles. The lowest BCUT2D eigenvalue weighted by Gasteiger charge is -2.65. The molecule has 0 bridgehead atoms. The number of nitrogens with two attached hydrogens (primary N) is 1. The van der Waals surface area contributed by atoms with Gasteiger partial charge in [-0.05, 0) is 74.7 Å². The maximum Gasteiger partial charge on any atom is 0.332 e. The van der Waals surface area contributed by atoms with Gasteiger partial charge in [0.05, 0.1) is 17.3 Å². The van der Waals surface area contributed by atoms with Crippen molar-refractivity contribution in [2.24, 2.45) is 39.4 Å². The van der Waals surface area contributed by atoms with Crippen molar-refractivity contribution in [3.63, 3.8) is 0 Å². The Bertz CT molecular complexity index is 922. The number of urea groups is 1. The van der Waals surface area contributed by atoms with Gasteiger partial charge in [-0.15, -0.1) is 0 Å². The van der Waals surface area contributed by atoms with Crippen molar-refractivity contribution >= 4 is 18.2 Å². The van der Waals surface area contributed by atoms with Crippen molar-refractivity contribution in [3.8, 4) is 0 Å². The highest BCUT2D eigenvalue weighted by molar-refractivity contribution is 5.85. The quantitative estimate of drug-likeness (QED) is 0.243. The fraction of sp³-hybridized carbons (Fsp3) is 0.792. The zero-order valence-corrected chi connectivity index (χ0v) is 19.1. The third-order valence-corrected chi connectivity index (χ3v) is 10.1. The molecule has 4 fully saturated rings. The summed E-state index contributed by atoms with van der Waals surface area (Å²) < 4.78 is 5.18. The van der Waals surface area contributed by atoms with Crippen LogP contribution in [0, 0.1) is 28.6 Å². The van der Waals surface area contributed by atoms with E-state index in [9.17, 15) is 24.9 Å².